The maximum Gasteiger partial charge on any atom is 0.174 e. The number of hydrogen-bond acceptors (Lipinski definition) is 3. The Labute approximate surface area is 62.5 Å². The molecule has 10 heavy (non-hydrogen) atoms. The lowest BCUT2D eigenvalue weighted by Crippen LogP contribution is -1.89. The second-order valence-corrected chi connectivity index (χ2v) is 1.97. The molecule has 1 aromatic carbocycles. The highest BCUT2D eigenvalue weighted by atomic mass is 32.2. The minimum atomic E-state index is -0.402. The summed E-state index contributed by atoms with van der Waals surface area (Å²) in [6.07, 6.45) is 0. The van der Waals surface area contributed by atoms with Crippen molar-refractivity contribution < 1.29 is 8.57 Å². The van der Waals surface area contributed by atoms with Gasteiger partial charge in [-0.1, -0.05) is 12.1 Å². The number of para-hydroxylation sites is 1. The predicted octanol–water partition coefficient (Wildman–Crippen LogP) is 1.73. The van der Waals surface area contributed by atoms with Gasteiger partial charge in [0.25, 0.3) is 0 Å². The first-order valence-corrected chi connectivity index (χ1v) is 3.43. The van der Waals surface area contributed by atoms with E-state index in [2.05, 4.69) is 4.18 Å². The predicted molar refractivity (Wildman–Crippen MR) is 38.8 cm³/mol. The molecule has 4 heteroatoms. The van der Waals surface area contributed by atoms with Crippen LogP contribution in [-0.4, -0.2) is 0 Å². The fraction of sp³-hybridized carbons (Fsp3) is 0. The van der Waals surface area contributed by atoms with Crippen LogP contribution in [0, 0.1) is 5.82 Å². The standard InChI is InChI=1S/C6H6FNOS/c7-5-3-1-2-4-6(5)9-10-8/h1-4H,8H2. The number of nitrogens with two attached hydrogens (primary N) is 1. The molecule has 54 valence electrons. The van der Waals surface area contributed by atoms with Gasteiger partial charge in [0.1, 0.15) is 12.2 Å². The summed E-state index contributed by atoms with van der Waals surface area (Å²) in [5.41, 5.74) is 0. The summed E-state index contributed by atoms with van der Waals surface area (Å²) < 4.78 is 17.2. The minimum absolute atomic E-state index is 0.162. The summed E-state index contributed by atoms with van der Waals surface area (Å²) in [5, 5.41) is 4.96. The molecule has 0 unspecified atom stereocenters. The van der Waals surface area contributed by atoms with E-state index in [-0.39, 0.29) is 5.75 Å². The summed E-state index contributed by atoms with van der Waals surface area (Å²) in [7, 11) is 0. The van der Waals surface area contributed by atoms with Crippen molar-refractivity contribution in [3.63, 3.8) is 0 Å². The molecule has 1 rings (SSSR count). The molecule has 0 atom stereocenters. The minimum Gasteiger partial charge on any atom is -0.407 e. The second kappa shape index (κ2) is 3.43. The molecule has 0 amide bonds. The fourth-order valence-electron chi connectivity index (χ4n) is 0.564. The van der Waals surface area contributed by atoms with Crippen LogP contribution in [0.1, 0.15) is 0 Å². The van der Waals surface area contributed by atoms with E-state index in [1.165, 1.54) is 12.1 Å². The van der Waals surface area contributed by atoms with Crippen LogP contribution in [0.15, 0.2) is 24.3 Å². The molecular weight excluding hydrogens is 153 g/mol. The first-order valence-electron chi connectivity index (χ1n) is 2.62. The Morgan fingerprint density at radius 3 is 2.70 bits per heavy atom. The van der Waals surface area contributed by atoms with Gasteiger partial charge in [-0.05, 0) is 12.1 Å². The van der Waals surface area contributed by atoms with Gasteiger partial charge in [0, 0.05) is 0 Å². The fourth-order valence-corrected chi connectivity index (χ4v) is 0.803. The average molecular weight is 159 g/mol. The summed E-state index contributed by atoms with van der Waals surface area (Å²) >= 11 is 0.629. The second-order valence-electron chi connectivity index (χ2n) is 1.61. The Morgan fingerprint density at radius 1 is 1.40 bits per heavy atom. The monoisotopic (exact) mass is 159 g/mol. The highest BCUT2D eigenvalue weighted by molar-refractivity contribution is 7.92. The Bertz CT molecular complexity index is 219. The quantitative estimate of drug-likeness (QED) is 0.527. The summed E-state index contributed by atoms with van der Waals surface area (Å²) in [6.45, 7) is 0. The van der Waals surface area contributed by atoms with Gasteiger partial charge in [-0.3, -0.25) is 0 Å². The van der Waals surface area contributed by atoms with Gasteiger partial charge < -0.3 is 4.18 Å². The van der Waals surface area contributed by atoms with Crippen LogP contribution in [0.2, 0.25) is 0 Å². The normalized spacial score (nSPS) is 9.40. The third-order valence-electron chi connectivity index (χ3n) is 0.975. The molecule has 2 N–H and O–H groups in total. The van der Waals surface area contributed by atoms with E-state index in [1.807, 2.05) is 0 Å². The van der Waals surface area contributed by atoms with Crippen molar-refractivity contribution in [2.24, 2.45) is 5.14 Å². The van der Waals surface area contributed by atoms with Gasteiger partial charge >= 0.3 is 0 Å². The van der Waals surface area contributed by atoms with Crippen molar-refractivity contribution in [3.05, 3.63) is 30.1 Å². The number of halogens is 1. The van der Waals surface area contributed by atoms with Crippen LogP contribution in [0.3, 0.4) is 0 Å². The van der Waals surface area contributed by atoms with Crippen LogP contribution in [0.5, 0.6) is 5.75 Å². The lowest BCUT2D eigenvalue weighted by Gasteiger charge is -1.98. The van der Waals surface area contributed by atoms with E-state index in [9.17, 15) is 4.39 Å². The molecule has 0 bridgehead atoms. The molecule has 2 nitrogen and oxygen atoms in total. The van der Waals surface area contributed by atoms with Crippen LogP contribution < -0.4 is 9.32 Å². The average Bonchev–Trinajstić information content (AvgIpc) is 1.94. The molecule has 0 aliphatic heterocycles. The zero-order valence-electron chi connectivity index (χ0n) is 5.08. The summed E-state index contributed by atoms with van der Waals surface area (Å²) in [4.78, 5) is 0. The molecule has 0 aromatic heterocycles. The molecular formula is C6H6FNOS. The van der Waals surface area contributed by atoms with Gasteiger partial charge in [0.05, 0.1) is 0 Å². The van der Waals surface area contributed by atoms with E-state index in [1.54, 1.807) is 12.1 Å². The molecule has 0 heterocycles. The van der Waals surface area contributed by atoms with Gasteiger partial charge in [-0.25, -0.2) is 9.53 Å². The number of rotatable bonds is 2. The lowest BCUT2D eigenvalue weighted by molar-refractivity contribution is 0.542. The Kier molecular flexibility index (Phi) is 2.53. The molecule has 0 saturated heterocycles. The SMILES string of the molecule is NSOc1ccccc1F. The van der Waals surface area contributed by atoms with E-state index in [0.717, 1.165) is 0 Å². The van der Waals surface area contributed by atoms with Gasteiger partial charge in [0.2, 0.25) is 0 Å². The van der Waals surface area contributed by atoms with Crippen LogP contribution in [0.25, 0.3) is 0 Å². The lowest BCUT2D eigenvalue weighted by atomic mass is 10.3. The molecule has 0 radical (unpaired) electrons. The zero-order chi connectivity index (χ0) is 7.40. The first kappa shape index (κ1) is 7.37. The van der Waals surface area contributed by atoms with Crippen LogP contribution in [-0.2, 0) is 0 Å². The third-order valence-corrected chi connectivity index (χ3v) is 1.25. The van der Waals surface area contributed by atoms with E-state index >= 15 is 0 Å². The maximum absolute atomic E-state index is 12.6. The topological polar surface area (TPSA) is 35.2 Å². The maximum atomic E-state index is 12.6. The van der Waals surface area contributed by atoms with Gasteiger partial charge in [-0.2, -0.15) is 0 Å². The number of benzene rings is 1. The Morgan fingerprint density at radius 2 is 2.10 bits per heavy atom. The van der Waals surface area contributed by atoms with E-state index in [0.29, 0.717) is 12.2 Å². The Hall–Kier alpha value is -0.740. The summed E-state index contributed by atoms with van der Waals surface area (Å²) in [6, 6.07) is 6.08. The summed E-state index contributed by atoms with van der Waals surface area (Å²) in [5.74, 6) is -0.240. The molecule has 0 aliphatic carbocycles. The molecule has 0 saturated carbocycles. The molecule has 0 fully saturated rings. The van der Waals surface area contributed by atoms with Crippen molar-refractivity contribution in [2.75, 3.05) is 0 Å². The molecule has 0 aliphatic rings. The van der Waals surface area contributed by atoms with Crippen molar-refractivity contribution in [2.45, 2.75) is 0 Å². The van der Waals surface area contributed by atoms with Crippen molar-refractivity contribution >= 4 is 12.2 Å². The smallest absolute Gasteiger partial charge is 0.174 e. The third kappa shape index (κ3) is 1.62. The van der Waals surface area contributed by atoms with Crippen molar-refractivity contribution in [3.8, 4) is 5.75 Å². The molecule has 1 aromatic rings. The zero-order valence-corrected chi connectivity index (χ0v) is 5.90. The van der Waals surface area contributed by atoms with Gasteiger partial charge in [0.15, 0.2) is 11.6 Å². The van der Waals surface area contributed by atoms with Crippen LogP contribution >= 0.6 is 12.2 Å². The van der Waals surface area contributed by atoms with Crippen molar-refractivity contribution in [1.82, 2.24) is 0 Å². The Balaban J connectivity index is 2.81. The first-order chi connectivity index (χ1) is 4.84. The number of hydrogen-bond donors (Lipinski definition) is 1. The highest BCUT2D eigenvalue weighted by Crippen LogP contribution is 2.17. The van der Waals surface area contributed by atoms with Crippen LogP contribution in [0.4, 0.5) is 4.39 Å². The largest absolute Gasteiger partial charge is 0.407 e. The van der Waals surface area contributed by atoms with E-state index in [4.69, 9.17) is 5.14 Å². The van der Waals surface area contributed by atoms with E-state index < -0.39 is 5.82 Å². The molecule has 0 spiro atoms. The highest BCUT2D eigenvalue weighted by Gasteiger charge is 1.98. The van der Waals surface area contributed by atoms with Gasteiger partial charge in [-0.15, -0.1) is 0 Å². The van der Waals surface area contributed by atoms with Crippen molar-refractivity contribution in [1.29, 1.82) is 0 Å².